The fourth-order valence-corrected chi connectivity index (χ4v) is 9.75. The van der Waals surface area contributed by atoms with Crippen LogP contribution >= 0.6 is 0 Å². The molecule has 4 heterocycles. The van der Waals surface area contributed by atoms with E-state index in [2.05, 4.69) is 15.6 Å². The van der Waals surface area contributed by atoms with Crippen molar-refractivity contribution in [1.29, 1.82) is 0 Å². The van der Waals surface area contributed by atoms with Crippen LogP contribution in [0.4, 0.5) is 15.5 Å². The molecule has 2 amide bonds. The van der Waals surface area contributed by atoms with Gasteiger partial charge in [0.2, 0.25) is 14.3 Å². The third kappa shape index (κ3) is 5.30. The Morgan fingerprint density at radius 1 is 1.19 bits per heavy atom. The Kier molecular flexibility index (Phi) is 7.96. The molecule has 3 aliphatic rings. The summed E-state index contributed by atoms with van der Waals surface area (Å²) in [4.78, 5) is 31.0. The van der Waals surface area contributed by atoms with Gasteiger partial charge in [0.1, 0.15) is 0 Å². The number of aliphatic hydroxyl groups is 1. The SMILES string of the molecule is C[C@H]1[C@H]([Si](C)(C)F)[C@@H](CCn2cc(CCO)nn2)O[C@]12C(=O)N(Cc1ccccc1)c1ccc(N3CCNCC3=O)cc12. The van der Waals surface area contributed by atoms with Crippen molar-refractivity contribution in [3.63, 3.8) is 0 Å². The van der Waals surface area contributed by atoms with Crippen LogP contribution in [0.2, 0.25) is 18.6 Å². The highest BCUT2D eigenvalue weighted by Gasteiger charge is 2.66. The molecule has 2 saturated heterocycles. The highest BCUT2D eigenvalue weighted by Crippen LogP contribution is 2.60. The van der Waals surface area contributed by atoms with Crippen molar-refractivity contribution in [1.82, 2.24) is 20.3 Å². The lowest BCUT2D eigenvalue weighted by Crippen LogP contribution is -2.48. The first kappa shape index (κ1) is 29.6. The number of hydrogen-bond donors (Lipinski definition) is 2. The number of carbonyl (C=O) groups excluding carboxylic acids is 2. The molecule has 10 nitrogen and oxygen atoms in total. The highest BCUT2D eigenvalue weighted by atomic mass is 28.4. The van der Waals surface area contributed by atoms with Crippen molar-refractivity contribution in [3.8, 4) is 0 Å². The highest BCUT2D eigenvalue weighted by molar-refractivity contribution is 6.72. The summed E-state index contributed by atoms with van der Waals surface area (Å²) < 4.78 is 24.8. The van der Waals surface area contributed by atoms with Gasteiger partial charge in [-0.1, -0.05) is 42.5 Å². The molecule has 0 bridgehead atoms. The van der Waals surface area contributed by atoms with Gasteiger partial charge in [-0.25, -0.2) is 0 Å². The number of anilines is 2. The number of aliphatic hydroxyl groups excluding tert-OH is 1. The third-order valence-electron chi connectivity index (χ3n) is 9.13. The van der Waals surface area contributed by atoms with Crippen molar-refractivity contribution in [3.05, 3.63) is 71.5 Å². The van der Waals surface area contributed by atoms with Gasteiger partial charge < -0.3 is 29.1 Å². The number of halogens is 1. The molecular weight excluding hydrogens is 567 g/mol. The van der Waals surface area contributed by atoms with Crippen molar-refractivity contribution >= 4 is 31.6 Å². The maximum absolute atomic E-state index is 16.2. The lowest BCUT2D eigenvalue weighted by Gasteiger charge is -2.32. The van der Waals surface area contributed by atoms with Crippen LogP contribution in [0, 0.1) is 5.92 Å². The van der Waals surface area contributed by atoms with Crippen LogP contribution in [-0.4, -0.2) is 72.7 Å². The Morgan fingerprint density at radius 2 is 1.98 bits per heavy atom. The van der Waals surface area contributed by atoms with Crippen LogP contribution in [0.25, 0.3) is 0 Å². The average molecular weight is 607 g/mol. The number of aromatic nitrogens is 3. The minimum Gasteiger partial charge on any atom is -0.396 e. The zero-order valence-electron chi connectivity index (χ0n) is 24.9. The number of benzene rings is 2. The summed E-state index contributed by atoms with van der Waals surface area (Å²) >= 11 is 0. The van der Waals surface area contributed by atoms with E-state index in [0.717, 1.165) is 11.3 Å². The summed E-state index contributed by atoms with van der Waals surface area (Å²) in [6.07, 6.45) is 2.13. The van der Waals surface area contributed by atoms with E-state index < -0.39 is 31.6 Å². The molecule has 0 unspecified atom stereocenters. The number of nitrogens with zero attached hydrogens (tertiary/aromatic N) is 5. The number of fused-ring (bicyclic) bond motifs is 2. The lowest BCUT2D eigenvalue weighted by atomic mass is 9.82. The first-order chi connectivity index (χ1) is 20.6. The van der Waals surface area contributed by atoms with E-state index in [0.29, 0.717) is 56.0 Å². The van der Waals surface area contributed by atoms with E-state index in [4.69, 9.17) is 4.74 Å². The zero-order valence-corrected chi connectivity index (χ0v) is 25.9. The molecule has 1 aromatic heterocycles. The number of aryl methyl sites for hydroxylation is 1. The summed E-state index contributed by atoms with van der Waals surface area (Å²) in [7, 11) is -3.34. The lowest BCUT2D eigenvalue weighted by molar-refractivity contribution is -0.146. The van der Waals surface area contributed by atoms with Gasteiger partial charge in [0.25, 0.3) is 5.91 Å². The van der Waals surface area contributed by atoms with Crippen LogP contribution in [-0.2, 0) is 39.4 Å². The van der Waals surface area contributed by atoms with Crippen LogP contribution in [0.5, 0.6) is 0 Å². The standard InChI is InChI=1S/C31H39FN6O4Si/c1-21-29(43(2,3)32)27(11-14-36-20-23(12-16-39)34-35-36)42-31(21)25-17-24(37-15-13-33-18-28(37)40)9-10-26(25)38(30(31)41)19-22-7-5-4-6-8-22/h4-10,17,20-21,27,29,33,39H,11-16,18-19H2,1-3H3/t21-,27+,29-,31+/m0/s1. The average Bonchev–Trinajstić information content (AvgIpc) is 3.63. The van der Waals surface area contributed by atoms with Crippen molar-refractivity contribution < 1.29 is 23.5 Å². The Morgan fingerprint density at radius 3 is 2.70 bits per heavy atom. The molecule has 0 saturated carbocycles. The Hall–Kier alpha value is -3.45. The Labute approximate surface area is 252 Å². The topological polar surface area (TPSA) is 113 Å². The van der Waals surface area contributed by atoms with Gasteiger partial charge in [-0.3, -0.25) is 14.3 Å². The molecule has 6 rings (SSSR count). The first-order valence-corrected chi connectivity index (χ1v) is 18.0. The van der Waals surface area contributed by atoms with E-state index in [1.807, 2.05) is 55.5 Å². The minimum atomic E-state index is -3.34. The second-order valence-electron chi connectivity index (χ2n) is 12.3. The predicted octanol–water partition coefficient (Wildman–Crippen LogP) is 3.16. The number of piperazine rings is 1. The fourth-order valence-electron chi connectivity index (χ4n) is 7.21. The van der Waals surface area contributed by atoms with Gasteiger partial charge in [0.15, 0.2) is 5.60 Å². The summed E-state index contributed by atoms with van der Waals surface area (Å²) in [6, 6.07) is 15.5. The second-order valence-corrected chi connectivity index (χ2v) is 16.1. The van der Waals surface area contributed by atoms with E-state index in [1.54, 1.807) is 33.8 Å². The quantitative estimate of drug-likeness (QED) is 0.284. The number of hydrogen-bond acceptors (Lipinski definition) is 7. The summed E-state index contributed by atoms with van der Waals surface area (Å²) in [6.45, 7) is 7.56. The molecule has 2 aromatic carbocycles. The molecule has 2 fully saturated rings. The van der Waals surface area contributed by atoms with Gasteiger partial charge >= 0.3 is 0 Å². The normalized spacial score (nSPS) is 25.7. The molecule has 12 heteroatoms. The van der Waals surface area contributed by atoms with E-state index >= 15 is 4.11 Å². The number of nitrogens with one attached hydrogen (secondary N) is 1. The van der Waals surface area contributed by atoms with Crippen LogP contribution in [0.1, 0.15) is 30.2 Å². The molecule has 3 aliphatic heterocycles. The van der Waals surface area contributed by atoms with Gasteiger partial charge in [-0.2, -0.15) is 0 Å². The largest absolute Gasteiger partial charge is 0.396 e. The molecule has 0 aliphatic carbocycles. The van der Waals surface area contributed by atoms with Gasteiger partial charge in [0.05, 0.1) is 30.6 Å². The molecule has 43 heavy (non-hydrogen) atoms. The minimum absolute atomic E-state index is 0.0172. The summed E-state index contributed by atoms with van der Waals surface area (Å²) in [5, 5.41) is 20.6. The monoisotopic (exact) mass is 606 g/mol. The van der Waals surface area contributed by atoms with Crippen LogP contribution < -0.4 is 15.1 Å². The molecule has 3 aromatic rings. The van der Waals surface area contributed by atoms with Crippen LogP contribution in [0.15, 0.2) is 54.7 Å². The van der Waals surface area contributed by atoms with Gasteiger partial charge in [-0.15, -0.1) is 5.10 Å². The van der Waals surface area contributed by atoms with Crippen molar-refractivity contribution in [2.24, 2.45) is 5.92 Å². The number of rotatable bonds is 9. The molecule has 2 N–H and O–H groups in total. The van der Waals surface area contributed by atoms with Crippen molar-refractivity contribution in [2.75, 3.05) is 36.0 Å². The zero-order chi connectivity index (χ0) is 30.4. The molecule has 228 valence electrons. The maximum atomic E-state index is 16.2. The first-order valence-electron chi connectivity index (χ1n) is 15.0. The van der Waals surface area contributed by atoms with E-state index in [9.17, 15) is 14.7 Å². The number of ether oxygens (including phenoxy) is 1. The summed E-state index contributed by atoms with van der Waals surface area (Å²) in [5.41, 5.74) is 1.97. The fraction of sp³-hybridized carbons (Fsp3) is 0.484. The molecule has 0 radical (unpaired) electrons. The van der Waals surface area contributed by atoms with Gasteiger partial charge in [0, 0.05) is 61.6 Å². The number of carbonyl (C=O) groups is 2. The molecule has 1 spiro atoms. The van der Waals surface area contributed by atoms with Crippen molar-refractivity contribution in [2.45, 2.75) is 63.2 Å². The van der Waals surface area contributed by atoms with Crippen LogP contribution in [0.3, 0.4) is 0 Å². The summed E-state index contributed by atoms with van der Waals surface area (Å²) in [5.74, 6) is -0.669. The molecular formula is C31H39FN6O4Si. The van der Waals surface area contributed by atoms with E-state index in [-0.39, 0.29) is 25.0 Å². The molecule has 4 atom stereocenters. The Bertz CT molecular complexity index is 1500. The maximum Gasteiger partial charge on any atom is 0.264 e. The second kappa shape index (κ2) is 11.6. The Balaban J connectivity index is 1.40. The number of amides is 2. The smallest absolute Gasteiger partial charge is 0.264 e. The predicted molar refractivity (Wildman–Crippen MR) is 163 cm³/mol. The van der Waals surface area contributed by atoms with Gasteiger partial charge in [-0.05, 0) is 43.3 Å². The third-order valence-corrected chi connectivity index (χ3v) is 11.6. The van der Waals surface area contributed by atoms with E-state index in [1.165, 1.54) is 0 Å².